The molecule has 24 heavy (non-hydrogen) atoms. The first kappa shape index (κ1) is 15.4. The number of benzene rings is 1. The fourth-order valence-electron chi connectivity index (χ4n) is 2.92. The molecule has 126 valence electrons. The van der Waals surface area contributed by atoms with Crippen LogP contribution in [0, 0.1) is 0 Å². The molecule has 0 atom stereocenters. The van der Waals surface area contributed by atoms with Crippen LogP contribution in [-0.4, -0.2) is 30.1 Å². The van der Waals surface area contributed by atoms with Crippen LogP contribution in [-0.2, 0) is 17.8 Å². The van der Waals surface area contributed by atoms with Gasteiger partial charge in [0.25, 0.3) is 0 Å². The van der Waals surface area contributed by atoms with Gasteiger partial charge in [-0.2, -0.15) is 0 Å². The standard InChI is InChI=1S/C18H18ClNO4/c19-15-8-12(9-16-18(15)24-7-6-23-16)10-17(21)20(13-3-4-13)11-14-2-1-5-22-14/h1-2,5,8-9,13H,3-4,6-7,10-11H2. The Morgan fingerprint density at radius 3 is 2.83 bits per heavy atom. The van der Waals surface area contributed by atoms with Crippen molar-refractivity contribution in [1.29, 1.82) is 0 Å². The molecular weight excluding hydrogens is 330 g/mol. The molecule has 1 amide bonds. The van der Waals surface area contributed by atoms with Gasteiger partial charge in [-0.1, -0.05) is 11.6 Å². The van der Waals surface area contributed by atoms with Gasteiger partial charge in [-0.05, 0) is 42.7 Å². The molecule has 1 aromatic heterocycles. The second-order valence-corrected chi connectivity index (χ2v) is 6.52. The van der Waals surface area contributed by atoms with E-state index in [4.69, 9.17) is 25.5 Å². The zero-order chi connectivity index (χ0) is 16.5. The minimum atomic E-state index is 0.0710. The van der Waals surface area contributed by atoms with Gasteiger partial charge in [-0.15, -0.1) is 0 Å². The number of hydrogen-bond donors (Lipinski definition) is 0. The molecular formula is C18H18ClNO4. The van der Waals surface area contributed by atoms with Gasteiger partial charge in [0.2, 0.25) is 5.91 Å². The number of hydrogen-bond acceptors (Lipinski definition) is 4. The molecule has 0 saturated heterocycles. The van der Waals surface area contributed by atoms with Gasteiger partial charge in [0.15, 0.2) is 11.5 Å². The van der Waals surface area contributed by atoms with Crippen molar-refractivity contribution < 1.29 is 18.7 Å². The van der Waals surface area contributed by atoms with Gasteiger partial charge >= 0.3 is 0 Å². The lowest BCUT2D eigenvalue weighted by Crippen LogP contribution is -2.33. The first-order valence-corrected chi connectivity index (χ1v) is 8.48. The normalized spacial score (nSPS) is 16.0. The van der Waals surface area contributed by atoms with Gasteiger partial charge in [0.1, 0.15) is 19.0 Å². The van der Waals surface area contributed by atoms with Crippen molar-refractivity contribution in [3.63, 3.8) is 0 Å². The smallest absolute Gasteiger partial charge is 0.227 e. The van der Waals surface area contributed by atoms with E-state index in [-0.39, 0.29) is 12.3 Å². The predicted molar refractivity (Wildman–Crippen MR) is 88.4 cm³/mol. The highest BCUT2D eigenvalue weighted by Gasteiger charge is 2.33. The van der Waals surface area contributed by atoms with Crippen molar-refractivity contribution in [2.75, 3.05) is 13.2 Å². The molecule has 1 aliphatic carbocycles. The molecule has 1 aliphatic heterocycles. The van der Waals surface area contributed by atoms with Crippen molar-refractivity contribution in [2.45, 2.75) is 31.8 Å². The summed E-state index contributed by atoms with van der Waals surface area (Å²) >= 11 is 6.26. The number of carbonyl (C=O) groups excluding carboxylic acids is 1. The van der Waals surface area contributed by atoms with Crippen LogP contribution in [0.15, 0.2) is 34.9 Å². The van der Waals surface area contributed by atoms with E-state index in [0.717, 1.165) is 24.2 Å². The van der Waals surface area contributed by atoms with Gasteiger partial charge in [0.05, 0.1) is 24.3 Å². The van der Waals surface area contributed by atoms with Crippen molar-refractivity contribution in [3.8, 4) is 11.5 Å². The number of amides is 1. The molecule has 0 spiro atoms. The highest BCUT2D eigenvalue weighted by molar-refractivity contribution is 6.32. The molecule has 0 radical (unpaired) electrons. The predicted octanol–water partition coefficient (Wildman–Crippen LogP) is 3.44. The maximum Gasteiger partial charge on any atom is 0.227 e. The largest absolute Gasteiger partial charge is 0.486 e. The summed E-state index contributed by atoms with van der Waals surface area (Å²) in [6.45, 7) is 1.49. The summed E-state index contributed by atoms with van der Waals surface area (Å²) in [7, 11) is 0. The van der Waals surface area contributed by atoms with Crippen LogP contribution >= 0.6 is 11.6 Å². The molecule has 6 heteroatoms. The zero-order valence-electron chi connectivity index (χ0n) is 13.2. The van der Waals surface area contributed by atoms with E-state index in [1.54, 1.807) is 12.3 Å². The molecule has 0 N–H and O–H groups in total. The van der Waals surface area contributed by atoms with E-state index in [2.05, 4.69) is 0 Å². The lowest BCUT2D eigenvalue weighted by atomic mass is 10.1. The average Bonchev–Trinajstić information content (AvgIpc) is 3.28. The van der Waals surface area contributed by atoms with E-state index >= 15 is 0 Å². The summed E-state index contributed by atoms with van der Waals surface area (Å²) in [5.41, 5.74) is 0.833. The van der Waals surface area contributed by atoms with Crippen LogP contribution in [0.5, 0.6) is 11.5 Å². The fourth-order valence-corrected chi connectivity index (χ4v) is 3.21. The average molecular weight is 348 g/mol. The third-order valence-corrected chi connectivity index (χ3v) is 4.51. The fraction of sp³-hybridized carbons (Fsp3) is 0.389. The van der Waals surface area contributed by atoms with Crippen LogP contribution in [0.1, 0.15) is 24.2 Å². The van der Waals surface area contributed by atoms with E-state index in [1.807, 2.05) is 23.1 Å². The summed E-state index contributed by atoms with van der Waals surface area (Å²) in [5.74, 6) is 2.05. The monoisotopic (exact) mass is 347 g/mol. The number of rotatable bonds is 5. The minimum Gasteiger partial charge on any atom is -0.486 e. The molecule has 5 nitrogen and oxygen atoms in total. The summed E-state index contributed by atoms with van der Waals surface area (Å²) in [4.78, 5) is 14.7. The maximum absolute atomic E-state index is 12.8. The van der Waals surface area contributed by atoms with Crippen molar-refractivity contribution in [1.82, 2.24) is 4.90 Å². The van der Waals surface area contributed by atoms with Gasteiger partial charge in [-0.25, -0.2) is 0 Å². The van der Waals surface area contributed by atoms with Crippen molar-refractivity contribution >= 4 is 17.5 Å². The van der Waals surface area contributed by atoms with Crippen LogP contribution in [0.4, 0.5) is 0 Å². The van der Waals surface area contributed by atoms with E-state index in [1.165, 1.54) is 0 Å². The lowest BCUT2D eigenvalue weighted by molar-refractivity contribution is -0.131. The van der Waals surface area contributed by atoms with Gasteiger partial charge in [0, 0.05) is 6.04 Å². The minimum absolute atomic E-state index is 0.0710. The molecule has 0 bridgehead atoms. The number of fused-ring (bicyclic) bond motifs is 1. The highest BCUT2D eigenvalue weighted by atomic mass is 35.5. The van der Waals surface area contributed by atoms with E-state index in [9.17, 15) is 4.79 Å². The maximum atomic E-state index is 12.8. The zero-order valence-corrected chi connectivity index (χ0v) is 13.9. The Hall–Kier alpha value is -2.14. The quantitative estimate of drug-likeness (QED) is 0.831. The molecule has 1 aromatic carbocycles. The summed E-state index contributed by atoms with van der Waals surface area (Å²) in [5, 5.41) is 0.485. The molecule has 2 heterocycles. The Morgan fingerprint density at radius 1 is 1.25 bits per heavy atom. The molecule has 0 unspecified atom stereocenters. The number of carbonyl (C=O) groups is 1. The SMILES string of the molecule is O=C(Cc1cc(Cl)c2c(c1)OCCO2)N(Cc1ccco1)C1CC1. The Morgan fingerprint density at radius 2 is 2.08 bits per heavy atom. The van der Waals surface area contributed by atoms with E-state index < -0.39 is 0 Å². The first-order valence-electron chi connectivity index (χ1n) is 8.10. The molecule has 2 aromatic rings. The first-order chi connectivity index (χ1) is 11.7. The lowest BCUT2D eigenvalue weighted by Gasteiger charge is -2.23. The van der Waals surface area contributed by atoms with Crippen LogP contribution < -0.4 is 9.47 Å². The van der Waals surface area contributed by atoms with Crippen molar-refractivity contribution in [3.05, 3.63) is 46.9 Å². The summed E-state index contributed by atoms with van der Waals surface area (Å²) in [6.07, 6.45) is 4.02. The van der Waals surface area contributed by atoms with Crippen LogP contribution in [0.3, 0.4) is 0 Å². The molecule has 1 saturated carbocycles. The third-order valence-electron chi connectivity index (χ3n) is 4.23. The number of ether oxygens (including phenoxy) is 2. The highest BCUT2D eigenvalue weighted by Crippen LogP contribution is 2.38. The summed E-state index contributed by atoms with van der Waals surface area (Å²) < 4.78 is 16.5. The van der Waals surface area contributed by atoms with Crippen molar-refractivity contribution in [2.24, 2.45) is 0 Å². The Bertz CT molecular complexity index is 740. The van der Waals surface area contributed by atoms with Crippen LogP contribution in [0.25, 0.3) is 0 Å². The third kappa shape index (κ3) is 3.22. The Labute approximate surface area is 145 Å². The Kier molecular flexibility index (Phi) is 4.10. The number of nitrogens with zero attached hydrogens (tertiary/aromatic N) is 1. The molecule has 2 aliphatic rings. The second kappa shape index (κ2) is 6.40. The number of furan rings is 1. The van der Waals surface area contributed by atoms with Crippen LogP contribution in [0.2, 0.25) is 5.02 Å². The summed E-state index contributed by atoms with van der Waals surface area (Å²) in [6, 6.07) is 7.67. The number of halogens is 1. The molecule has 1 fully saturated rings. The van der Waals surface area contributed by atoms with E-state index in [0.29, 0.717) is 42.3 Å². The molecule has 4 rings (SSSR count). The van der Waals surface area contributed by atoms with Gasteiger partial charge in [-0.3, -0.25) is 4.79 Å². The topological polar surface area (TPSA) is 51.9 Å². The second-order valence-electron chi connectivity index (χ2n) is 6.11. The van der Waals surface area contributed by atoms with Gasteiger partial charge < -0.3 is 18.8 Å². The Balaban J connectivity index is 1.51.